The first-order valence-electron chi connectivity index (χ1n) is 5.22. The van der Waals surface area contributed by atoms with Crippen molar-refractivity contribution in [2.45, 2.75) is 27.8 Å². The molecule has 100 valence electrons. The van der Waals surface area contributed by atoms with Gasteiger partial charge in [-0.1, -0.05) is 41.8 Å². The second kappa shape index (κ2) is 7.59. The number of rotatable bonds is 5. The maximum absolute atomic E-state index is 11.6. The quantitative estimate of drug-likeness (QED) is 0.804. The van der Waals surface area contributed by atoms with Gasteiger partial charge in [-0.25, -0.2) is 4.79 Å². The highest BCUT2D eigenvalue weighted by atomic mass is 32.2. The number of amides is 3. The number of nitrogens with zero attached hydrogens (tertiary/aromatic N) is 2. The van der Waals surface area contributed by atoms with E-state index in [1.54, 1.807) is 18.7 Å². The number of carbonyl (C=O) groups is 2. The van der Waals surface area contributed by atoms with Gasteiger partial charge in [0, 0.05) is 7.05 Å². The zero-order valence-electron chi connectivity index (χ0n) is 10.2. The number of nitrogens with one attached hydrogen (secondary N) is 2. The van der Waals surface area contributed by atoms with Gasteiger partial charge in [-0.2, -0.15) is 0 Å². The van der Waals surface area contributed by atoms with E-state index >= 15 is 0 Å². The molecule has 0 saturated heterocycles. The van der Waals surface area contributed by atoms with Crippen LogP contribution in [0.2, 0.25) is 0 Å². The van der Waals surface area contributed by atoms with Crippen molar-refractivity contribution >= 4 is 46.8 Å². The van der Waals surface area contributed by atoms with Gasteiger partial charge in [0.1, 0.15) is 0 Å². The molecule has 0 aliphatic heterocycles. The first kappa shape index (κ1) is 15.3. The molecule has 0 aliphatic carbocycles. The van der Waals surface area contributed by atoms with E-state index in [4.69, 9.17) is 0 Å². The summed E-state index contributed by atoms with van der Waals surface area (Å²) in [5.74, 6) is 0.589. The molecule has 0 saturated carbocycles. The topological polar surface area (TPSA) is 84.0 Å². The lowest BCUT2D eigenvalue weighted by Crippen LogP contribution is -2.41. The fraction of sp³-hybridized carbons (Fsp3) is 0.556. The summed E-state index contributed by atoms with van der Waals surface area (Å²) in [4.78, 5) is 22.6. The highest BCUT2D eigenvalue weighted by molar-refractivity contribution is 8.03. The van der Waals surface area contributed by atoms with Crippen molar-refractivity contribution in [1.29, 1.82) is 0 Å². The molecule has 0 radical (unpaired) electrons. The van der Waals surface area contributed by atoms with E-state index in [2.05, 4.69) is 20.8 Å². The molecule has 1 atom stereocenters. The number of carbonyl (C=O) groups excluding carboxylic acids is 2. The molecule has 0 bridgehead atoms. The standard InChI is InChI=1S/C9H14N4O2S3/c1-4-16-8-12-13-9(18-8)17-5(2)6(14)11-7(15)10-3/h5H,4H2,1-3H3,(H2,10,11,14,15)/t5-/m0/s1. The summed E-state index contributed by atoms with van der Waals surface area (Å²) in [6.07, 6.45) is 0. The van der Waals surface area contributed by atoms with Crippen LogP contribution < -0.4 is 10.6 Å². The molecule has 0 fully saturated rings. The van der Waals surface area contributed by atoms with Gasteiger partial charge >= 0.3 is 6.03 Å². The van der Waals surface area contributed by atoms with Crippen molar-refractivity contribution < 1.29 is 9.59 Å². The summed E-state index contributed by atoms with van der Waals surface area (Å²) in [6, 6.07) is -0.507. The Morgan fingerprint density at radius 3 is 2.67 bits per heavy atom. The fourth-order valence-electron chi connectivity index (χ4n) is 0.907. The van der Waals surface area contributed by atoms with Gasteiger partial charge in [0.05, 0.1) is 5.25 Å². The van der Waals surface area contributed by atoms with Crippen LogP contribution >= 0.6 is 34.9 Å². The summed E-state index contributed by atoms with van der Waals surface area (Å²) in [5.41, 5.74) is 0. The molecule has 2 N–H and O–H groups in total. The van der Waals surface area contributed by atoms with Gasteiger partial charge < -0.3 is 5.32 Å². The van der Waals surface area contributed by atoms with Crippen LogP contribution in [-0.4, -0.2) is 40.2 Å². The summed E-state index contributed by atoms with van der Waals surface area (Å²) < 4.78 is 1.62. The highest BCUT2D eigenvalue weighted by Gasteiger charge is 2.18. The summed E-state index contributed by atoms with van der Waals surface area (Å²) in [6.45, 7) is 3.76. The van der Waals surface area contributed by atoms with Gasteiger partial charge in [-0.15, -0.1) is 10.2 Å². The zero-order chi connectivity index (χ0) is 13.5. The minimum Gasteiger partial charge on any atom is -0.341 e. The van der Waals surface area contributed by atoms with Gasteiger partial charge in [0.25, 0.3) is 0 Å². The summed E-state index contributed by atoms with van der Waals surface area (Å²) in [5, 5.41) is 12.1. The van der Waals surface area contributed by atoms with Crippen molar-refractivity contribution in [1.82, 2.24) is 20.8 Å². The largest absolute Gasteiger partial charge is 0.341 e. The van der Waals surface area contributed by atoms with E-state index < -0.39 is 11.3 Å². The number of hydrogen-bond acceptors (Lipinski definition) is 7. The lowest BCUT2D eigenvalue weighted by atomic mass is 10.4. The van der Waals surface area contributed by atoms with Crippen molar-refractivity contribution in [2.75, 3.05) is 12.8 Å². The molecule has 1 aromatic rings. The molecular weight excluding hydrogens is 292 g/mol. The monoisotopic (exact) mass is 306 g/mol. The van der Waals surface area contributed by atoms with E-state index in [-0.39, 0.29) is 5.91 Å². The van der Waals surface area contributed by atoms with Crippen molar-refractivity contribution in [3.63, 3.8) is 0 Å². The zero-order valence-corrected chi connectivity index (χ0v) is 12.7. The first-order chi connectivity index (χ1) is 8.56. The average Bonchev–Trinajstić information content (AvgIpc) is 2.76. The first-order valence-corrected chi connectivity index (χ1v) is 7.90. The number of thioether (sulfide) groups is 2. The smallest absolute Gasteiger partial charge is 0.321 e. The van der Waals surface area contributed by atoms with Crippen LogP contribution in [0, 0.1) is 0 Å². The third-order valence-electron chi connectivity index (χ3n) is 1.77. The van der Waals surface area contributed by atoms with Crippen LogP contribution in [0.3, 0.4) is 0 Å². The SMILES string of the molecule is CCSc1nnc(S[C@@H](C)C(=O)NC(=O)NC)s1. The Hall–Kier alpha value is -0.800. The predicted molar refractivity (Wildman–Crippen MR) is 74.2 cm³/mol. The average molecular weight is 306 g/mol. The van der Waals surface area contributed by atoms with Crippen molar-refractivity contribution in [3.05, 3.63) is 0 Å². The molecule has 0 unspecified atom stereocenters. The molecule has 0 aliphatic rings. The third-order valence-corrected chi connectivity index (χ3v) is 4.89. The third kappa shape index (κ3) is 4.83. The van der Waals surface area contributed by atoms with Crippen LogP contribution in [0.1, 0.15) is 13.8 Å². The predicted octanol–water partition coefficient (Wildman–Crippen LogP) is 1.59. The Balaban J connectivity index is 2.49. The lowest BCUT2D eigenvalue weighted by Gasteiger charge is -2.08. The Bertz CT molecular complexity index is 424. The normalized spacial score (nSPS) is 11.9. The summed E-state index contributed by atoms with van der Waals surface area (Å²) >= 11 is 4.35. The maximum atomic E-state index is 11.6. The second-order valence-corrected chi connectivity index (χ2v) is 7.17. The van der Waals surface area contributed by atoms with Gasteiger partial charge in [0.15, 0.2) is 8.68 Å². The molecule has 0 aromatic carbocycles. The number of imide groups is 1. The molecule has 6 nitrogen and oxygen atoms in total. The number of hydrogen-bond donors (Lipinski definition) is 2. The number of aromatic nitrogens is 2. The van der Waals surface area contributed by atoms with Crippen LogP contribution in [-0.2, 0) is 4.79 Å². The summed E-state index contributed by atoms with van der Waals surface area (Å²) in [7, 11) is 1.46. The molecule has 18 heavy (non-hydrogen) atoms. The maximum Gasteiger partial charge on any atom is 0.321 e. The Labute approximate surface area is 118 Å². The van der Waals surface area contributed by atoms with E-state index in [9.17, 15) is 9.59 Å². The number of urea groups is 1. The molecular formula is C9H14N4O2S3. The highest BCUT2D eigenvalue weighted by Crippen LogP contribution is 2.30. The van der Waals surface area contributed by atoms with Crippen LogP contribution in [0.25, 0.3) is 0 Å². The van der Waals surface area contributed by atoms with Crippen LogP contribution in [0.5, 0.6) is 0 Å². The van der Waals surface area contributed by atoms with Gasteiger partial charge in [-0.3, -0.25) is 10.1 Å². The van der Waals surface area contributed by atoms with E-state index in [0.29, 0.717) is 0 Å². The Kier molecular flexibility index (Phi) is 6.44. The molecule has 1 aromatic heterocycles. The van der Waals surface area contributed by atoms with E-state index in [1.165, 1.54) is 30.1 Å². The van der Waals surface area contributed by atoms with Crippen molar-refractivity contribution in [3.8, 4) is 0 Å². The Morgan fingerprint density at radius 1 is 1.39 bits per heavy atom. The second-order valence-electron chi connectivity index (χ2n) is 3.10. The van der Waals surface area contributed by atoms with Crippen LogP contribution in [0.15, 0.2) is 8.68 Å². The van der Waals surface area contributed by atoms with E-state index in [0.717, 1.165) is 14.4 Å². The van der Waals surface area contributed by atoms with Gasteiger partial charge in [0.2, 0.25) is 5.91 Å². The molecule has 1 rings (SSSR count). The molecule has 0 spiro atoms. The Morgan fingerprint density at radius 2 is 2.06 bits per heavy atom. The molecule has 9 heteroatoms. The van der Waals surface area contributed by atoms with E-state index in [1.807, 2.05) is 6.92 Å². The fourth-order valence-corrected chi connectivity index (χ4v) is 3.97. The van der Waals surface area contributed by atoms with Gasteiger partial charge in [-0.05, 0) is 12.7 Å². The van der Waals surface area contributed by atoms with Crippen LogP contribution in [0.4, 0.5) is 4.79 Å². The molecule has 1 heterocycles. The minimum absolute atomic E-state index is 0.348. The van der Waals surface area contributed by atoms with Crippen molar-refractivity contribution in [2.24, 2.45) is 0 Å². The minimum atomic E-state index is -0.507. The lowest BCUT2D eigenvalue weighted by molar-refractivity contribution is -0.119. The molecule has 3 amide bonds.